The molecule has 1 heterocycles. The van der Waals surface area contributed by atoms with Crippen LogP contribution in [0.1, 0.15) is 120 Å². The molecule has 0 aromatic rings. The summed E-state index contributed by atoms with van der Waals surface area (Å²) in [5.74, 6) is 5.84. The molecule has 5 aliphatic rings. The molecule has 0 aromatic carbocycles. The summed E-state index contributed by atoms with van der Waals surface area (Å²) in [6, 6.07) is 0. The third-order valence-corrected chi connectivity index (χ3v) is 17.0. The van der Waals surface area contributed by atoms with E-state index in [-0.39, 0.29) is 43.7 Å². The monoisotopic (exact) mass is 576 g/mol. The second-order valence-electron chi connectivity index (χ2n) is 16.1. The van der Waals surface area contributed by atoms with E-state index in [2.05, 4.69) is 78.9 Å². The van der Waals surface area contributed by atoms with Crippen LogP contribution in [0.2, 0.25) is 0 Å². The van der Waals surface area contributed by atoms with Crippen LogP contribution in [0.3, 0.4) is 0 Å². The van der Waals surface area contributed by atoms with Crippen molar-refractivity contribution in [2.45, 2.75) is 130 Å². The Morgan fingerprint density at radius 1 is 0.974 bits per heavy atom. The average molecular weight is 577 g/mol. The summed E-state index contributed by atoms with van der Waals surface area (Å²) >= 11 is 4.40. The number of fused-ring (bicyclic) bond motifs is 6. The standard InChI is InChI=1S/C34H56O3S2/c1-21(2)11-10-12-22(3)24-13-16-32(8)29-28(25(36)19-33(24,32)9)31(7)15-14-27(37-23(4)35)30(5,6)26(31)20-34(29)38-17-18-39-34/h21-22,24,26-29H,10-20H2,1-9H3/t22-,24-,26+,27+,28+,29-,31+,32+,33-/m1/s1. The largest absolute Gasteiger partial charge is 0.462 e. The van der Waals surface area contributed by atoms with Crippen LogP contribution in [0.15, 0.2) is 0 Å². The first-order valence-corrected chi connectivity index (χ1v) is 18.1. The molecule has 4 saturated carbocycles. The molecule has 0 radical (unpaired) electrons. The number of Topliss-reactive ketones (excluding diaryl/α,β-unsaturated/α-hetero) is 1. The highest BCUT2D eigenvalue weighted by Crippen LogP contribution is 2.79. The second-order valence-corrected chi connectivity index (χ2v) is 19.2. The lowest BCUT2D eigenvalue weighted by Gasteiger charge is -2.70. The molecule has 5 fully saturated rings. The molecule has 9 atom stereocenters. The van der Waals surface area contributed by atoms with E-state index in [1.54, 1.807) is 6.92 Å². The highest BCUT2D eigenvalue weighted by molar-refractivity contribution is 8.21. The van der Waals surface area contributed by atoms with Gasteiger partial charge in [-0.1, -0.05) is 74.7 Å². The second kappa shape index (κ2) is 10.2. The van der Waals surface area contributed by atoms with Crippen molar-refractivity contribution in [3.8, 4) is 0 Å². The van der Waals surface area contributed by atoms with Crippen LogP contribution in [-0.2, 0) is 14.3 Å². The molecule has 0 aromatic heterocycles. The maximum atomic E-state index is 14.8. The zero-order chi connectivity index (χ0) is 28.6. The lowest BCUT2D eigenvalue weighted by atomic mass is 9.37. The molecule has 1 spiro atoms. The molecule has 5 rings (SSSR count). The molecule has 0 amide bonds. The molecular weight excluding hydrogens is 521 g/mol. The van der Waals surface area contributed by atoms with Crippen molar-refractivity contribution in [2.24, 2.45) is 57.2 Å². The van der Waals surface area contributed by atoms with Gasteiger partial charge in [0.1, 0.15) is 11.9 Å². The number of carbonyl (C=O) groups is 2. The van der Waals surface area contributed by atoms with Crippen LogP contribution in [-0.4, -0.2) is 33.4 Å². The fourth-order valence-corrected chi connectivity index (χ4v) is 15.2. The van der Waals surface area contributed by atoms with Crippen LogP contribution in [0.4, 0.5) is 0 Å². The first-order valence-electron chi connectivity index (χ1n) is 16.1. The highest BCUT2D eigenvalue weighted by atomic mass is 32.2. The Morgan fingerprint density at radius 3 is 2.26 bits per heavy atom. The number of thioether (sulfide) groups is 2. The SMILES string of the molecule is CC(=O)O[C@H]1CC[C@]2(C)[C@H]3C(=O)C[C@]4(C)[C@@H]([C@H](C)CCCC(C)C)CC[C@@]4(C)[C@@H]3C3(C[C@H]2C1(C)C)SCCS3. The zero-order valence-corrected chi connectivity index (χ0v) is 28.0. The molecule has 0 unspecified atom stereocenters. The number of hydrogen-bond donors (Lipinski definition) is 0. The third-order valence-electron chi connectivity index (χ3n) is 13.4. The normalized spacial score (nSPS) is 45.1. The van der Waals surface area contributed by atoms with Gasteiger partial charge in [0.25, 0.3) is 0 Å². The van der Waals surface area contributed by atoms with Crippen LogP contribution in [0.25, 0.3) is 0 Å². The van der Waals surface area contributed by atoms with Gasteiger partial charge in [-0.05, 0) is 77.9 Å². The number of carbonyl (C=O) groups excluding carboxylic acids is 2. The van der Waals surface area contributed by atoms with E-state index in [1.165, 1.54) is 43.6 Å². The van der Waals surface area contributed by atoms with Crippen molar-refractivity contribution in [2.75, 3.05) is 11.5 Å². The van der Waals surface area contributed by atoms with Crippen molar-refractivity contribution in [3.63, 3.8) is 0 Å². The van der Waals surface area contributed by atoms with Crippen molar-refractivity contribution in [1.82, 2.24) is 0 Å². The minimum Gasteiger partial charge on any atom is -0.462 e. The number of hydrogen-bond acceptors (Lipinski definition) is 5. The Labute approximate surface area is 247 Å². The summed E-state index contributed by atoms with van der Waals surface area (Å²) in [6.45, 7) is 21.1. The van der Waals surface area contributed by atoms with Gasteiger partial charge in [0.05, 0.1) is 4.08 Å². The van der Waals surface area contributed by atoms with Crippen LogP contribution >= 0.6 is 23.5 Å². The highest BCUT2D eigenvalue weighted by Gasteiger charge is 2.75. The van der Waals surface area contributed by atoms with E-state index in [4.69, 9.17) is 4.74 Å². The molecule has 3 nitrogen and oxygen atoms in total. The number of ketones is 1. The van der Waals surface area contributed by atoms with Gasteiger partial charge >= 0.3 is 5.97 Å². The lowest BCUT2D eigenvalue weighted by Crippen LogP contribution is -2.69. The quantitative estimate of drug-likeness (QED) is 0.295. The van der Waals surface area contributed by atoms with Crippen LogP contribution < -0.4 is 0 Å². The van der Waals surface area contributed by atoms with Gasteiger partial charge in [-0.25, -0.2) is 0 Å². The molecule has 5 heteroatoms. The van der Waals surface area contributed by atoms with Gasteiger partial charge < -0.3 is 4.74 Å². The molecular formula is C34H56O3S2. The topological polar surface area (TPSA) is 43.4 Å². The molecule has 39 heavy (non-hydrogen) atoms. The van der Waals surface area contributed by atoms with E-state index in [0.717, 1.165) is 31.6 Å². The van der Waals surface area contributed by atoms with Gasteiger partial charge in [0.15, 0.2) is 0 Å². The van der Waals surface area contributed by atoms with Crippen molar-refractivity contribution < 1.29 is 14.3 Å². The average Bonchev–Trinajstić information content (AvgIpc) is 3.39. The Hall–Kier alpha value is -0.160. The predicted molar refractivity (Wildman–Crippen MR) is 166 cm³/mol. The summed E-state index contributed by atoms with van der Waals surface area (Å²) in [6.07, 6.45) is 10.2. The van der Waals surface area contributed by atoms with E-state index >= 15 is 0 Å². The van der Waals surface area contributed by atoms with Gasteiger partial charge in [-0.3, -0.25) is 9.59 Å². The molecule has 4 aliphatic carbocycles. The summed E-state index contributed by atoms with van der Waals surface area (Å²) < 4.78 is 6.07. The van der Waals surface area contributed by atoms with Gasteiger partial charge in [0.2, 0.25) is 0 Å². The summed E-state index contributed by atoms with van der Waals surface area (Å²) in [5.41, 5.74) is 0.123. The minimum atomic E-state index is -0.166. The maximum Gasteiger partial charge on any atom is 0.302 e. The molecule has 1 aliphatic heterocycles. The molecule has 222 valence electrons. The molecule has 0 bridgehead atoms. The number of esters is 1. The Morgan fingerprint density at radius 2 is 1.64 bits per heavy atom. The van der Waals surface area contributed by atoms with Crippen molar-refractivity contribution in [3.05, 3.63) is 0 Å². The zero-order valence-electron chi connectivity index (χ0n) is 26.4. The van der Waals surface area contributed by atoms with Gasteiger partial charge in [-0.15, -0.1) is 23.5 Å². The van der Waals surface area contributed by atoms with Crippen molar-refractivity contribution >= 4 is 35.3 Å². The predicted octanol–water partition coefficient (Wildman–Crippen LogP) is 9.03. The van der Waals surface area contributed by atoms with Crippen LogP contribution in [0.5, 0.6) is 0 Å². The maximum absolute atomic E-state index is 14.8. The van der Waals surface area contributed by atoms with E-state index < -0.39 is 0 Å². The fourth-order valence-electron chi connectivity index (χ4n) is 11.3. The number of ether oxygens (including phenoxy) is 1. The fraction of sp³-hybridized carbons (Fsp3) is 0.941. The molecule has 1 saturated heterocycles. The summed E-state index contributed by atoms with van der Waals surface area (Å²) in [7, 11) is 0. The van der Waals surface area contributed by atoms with Crippen molar-refractivity contribution in [1.29, 1.82) is 0 Å². The Kier molecular flexibility index (Phi) is 7.95. The first kappa shape index (κ1) is 30.3. The third kappa shape index (κ3) is 4.51. The van der Waals surface area contributed by atoms with E-state index in [1.807, 2.05) is 0 Å². The minimum absolute atomic E-state index is 0.0256. The Bertz CT molecular complexity index is 969. The smallest absolute Gasteiger partial charge is 0.302 e. The Balaban J connectivity index is 1.54. The van der Waals surface area contributed by atoms with E-state index in [0.29, 0.717) is 29.5 Å². The van der Waals surface area contributed by atoms with Gasteiger partial charge in [0, 0.05) is 36.2 Å². The van der Waals surface area contributed by atoms with E-state index in [9.17, 15) is 9.59 Å². The summed E-state index contributed by atoms with van der Waals surface area (Å²) in [5, 5.41) is 0. The first-order chi connectivity index (χ1) is 18.1. The lowest BCUT2D eigenvalue weighted by molar-refractivity contribution is -0.208. The van der Waals surface area contributed by atoms with Gasteiger partial charge in [-0.2, -0.15) is 0 Å². The van der Waals surface area contributed by atoms with Crippen LogP contribution in [0, 0.1) is 57.2 Å². The molecule has 0 N–H and O–H groups in total. The summed E-state index contributed by atoms with van der Waals surface area (Å²) in [4.78, 5) is 26.8. The number of rotatable bonds is 6.